The molecule has 5 rings (SSSR count). The van der Waals surface area contributed by atoms with Crippen LogP contribution in [0.15, 0.2) is 24.3 Å². The highest BCUT2D eigenvalue weighted by molar-refractivity contribution is 7.23. The maximum atomic E-state index is 2.83. The first-order chi connectivity index (χ1) is 17.5. The van der Waals surface area contributed by atoms with Crippen molar-refractivity contribution in [1.82, 2.24) is 0 Å². The first kappa shape index (κ1) is 26.7. The number of benzene rings is 1. The van der Waals surface area contributed by atoms with Crippen molar-refractivity contribution in [3.05, 3.63) is 34.0 Å². The van der Waals surface area contributed by atoms with Crippen LogP contribution in [-0.4, -0.2) is 16.1 Å². The Morgan fingerprint density at radius 3 is 1.14 bits per heavy atom. The molecule has 4 heterocycles. The Hall–Kier alpha value is -0.946. The molecule has 0 nitrogen and oxygen atoms in total. The molecule has 4 heteroatoms. The van der Waals surface area contributed by atoms with E-state index >= 15 is 0 Å². The fraction of sp³-hybridized carbons (Fsp3) is 0.562. The van der Waals surface area contributed by atoms with Gasteiger partial charge in [0.2, 0.25) is 0 Å². The van der Waals surface area contributed by atoms with Gasteiger partial charge in [0.15, 0.2) is 0 Å². The van der Waals surface area contributed by atoms with E-state index in [4.69, 9.17) is 0 Å². The quantitative estimate of drug-likeness (QED) is 0.198. The van der Waals surface area contributed by atoms with E-state index in [2.05, 4.69) is 88.5 Å². The third kappa shape index (κ3) is 4.10. The van der Waals surface area contributed by atoms with Crippen LogP contribution in [0.5, 0.6) is 0 Å². The normalized spacial score (nSPS) is 16.2. The molecule has 0 saturated heterocycles. The lowest BCUT2D eigenvalue weighted by molar-refractivity contribution is 0.838. The van der Waals surface area contributed by atoms with Crippen molar-refractivity contribution >= 4 is 59.6 Å². The monoisotopic (exact) mass is 550 g/mol. The van der Waals surface area contributed by atoms with Crippen molar-refractivity contribution < 1.29 is 0 Å². The average molecular weight is 551 g/mol. The van der Waals surface area contributed by atoms with Gasteiger partial charge in [-0.05, 0) is 82.0 Å². The zero-order chi connectivity index (χ0) is 25.5. The predicted octanol–water partition coefficient (Wildman–Crippen LogP) is 8.71. The predicted molar refractivity (Wildman–Crippen MR) is 171 cm³/mol. The van der Waals surface area contributed by atoms with Gasteiger partial charge in [-0.15, -0.1) is 22.7 Å². The van der Waals surface area contributed by atoms with Gasteiger partial charge in [-0.25, -0.2) is 0 Å². The molecule has 2 aliphatic heterocycles. The molecule has 0 spiro atoms. The molecule has 0 unspecified atom stereocenters. The Morgan fingerprint density at radius 1 is 0.500 bits per heavy atom. The molecule has 0 saturated carbocycles. The van der Waals surface area contributed by atoms with E-state index in [-0.39, 0.29) is 0 Å². The van der Waals surface area contributed by atoms with Crippen LogP contribution >= 0.6 is 22.7 Å². The lowest BCUT2D eigenvalue weighted by Crippen LogP contribution is -2.56. The summed E-state index contributed by atoms with van der Waals surface area (Å²) in [6, 6.07) is 16.7. The van der Waals surface area contributed by atoms with Gasteiger partial charge in [-0.3, -0.25) is 0 Å². The molecule has 3 aromatic rings. The molecule has 194 valence electrons. The molecule has 0 amide bonds. The molecule has 0 fully saturated rings. The number of rotatable bonds is 12. The Morgan fingerprint density at radius 2 is 0.833 bits per heavy atom. The SMILES string of the molecule is CCCC[Si]1(CCCC)c2cc3c(cc2-c2sc(C)cc21)[Si](CCCC)(CCCC)c1cc(C)sc1-3. The molecule has 1 aromatic carbocycles. The van der Waals surface area contributed by atoms with Gasteiger partial charge in [-0.1, -0.05) is 91.2 Å². The maximum Gasteiger partial charge on any atom is 0.120 e. The number of fused-ring (bicyclic) bond motifs is 6. The number of aryl methyl sites for hydroxylation is 2. The van der Waals surface area contributed by atoms with Crippen molar-refractivity contribution in [1.29, 1.82) is 0 Å². The summed E-state index contributed by atoms with van der Waals surface area (Å²) in [5.74, 6) is 0. The first-order valence-electron chi connectivity index (χ1n) is 14.9. The fourth-order valence-electron chi connectivity index (χ4n) is 7.44. The van der Waals surface area contributed by atoms with Gasteiger partial charge in [0.05, 0.1) is 0 Å². The largest absolute Gasteiger partial charge is 0.141 e. The lowest BCUT2D eigenvalue weighted by Gasteiger charge is -2.32. The van der Waals surface area contributed by atoms with Crippen molar-refractivity contribution in [3.8, 4) is 20.9 Å². The van der Waals surface area contributed by atoms with Crippen LogP contribution in [0.3, 0.4) is 0 Å². The van der Waals surface area contributed by atoms with Crippen LogP contribution in [0.4, 0.5) is 0 Å². The molecule has 36 heavy (non-hydrogen) atoms. The minimum absolute atomic E-state index is 1.32. The van der Waals surface area contributed by atoms with Crippen LogP contribution in [-0.2, 0) is 0 Å². The lowest BCUT2D eigenvalue weighted by atomic mass is 10.1. The smallest absolute Gasteiger partial charge is 0.120 e. The summed E-state index contributed by atoms with van der Waals surface area (Å²) >= 11 is 4.22. The van der Waals surface area contributed by atoms with Crippen molar-refractivity contribution in [3.63, 3.8) is 0 Å². The van der Waals surface area contributed by atoms with Crippen LogP contribution in [0, 0.1) is 13.8 Å². The van der Waals surface area contributed by atoms with Gasteiger partial charge in [0.1, 0.15) is 16.1 Å². The van der Waals surface area contributed by atoms with E-state index < -0.39 is 16.1 Å². The molecule has 0 aliphatic carbocycles. The average Bonchev–Trinajstić information content (AvgIpc) is 3.57. The van der Waals surface area contributed by atoms with Crippen molar-refractivity contribution in [2.24, 2.45) is 0 Å². The molecular formula is C32H46S2Si2. The van der Waals surface area contributed by atoms with Gasteiger partial charge >= 0.3 is 0 Å². The van der Waals surface area contributed by atoms with Gasteiger partial charge in [0, 0.05) is 19.5 Å². The topological polar surface area (TPSA) is 0 Å². The summed E-state index contributed by atoms with van der Waals surface area (Å²) in [5, 5.41) is 7.31. The van der Waals surface area contributed by atoms with Crippen molar-refractivity contribution in [2.75, 3.05) is 0 Å². The van der Waals surface area contributed by atoms with E-state index in [1.54, 1.807) is 20.9 Å². The molecule has 2 aromatic heterocycles. The second-order valence-corrected chi connectivity index (χ2v) is 22.7. The second-order valence-electron chi connectivity index (χ2n) is 11.7. The first-order valence-corrected chi connectivity index (χ1v) is 21.3. The van der Waals surface area contributed by atoms with E-state index in [9.17, 15) is 0 Å². The highest BCUT2D eigenvalue weighted by atomic mass is 32.1. The highest BCUT2D eigenvalue weighted by Gasteiger charge is 2.50. The summed E-state index contributed by atoms with van der Waals surface area (Å²) in [4.78, 5) is 6.44. The van der Waals surface area contributed by atoms with E-state index in [1.165, 1.54) is 85.3 Å². The third-order valence-corrected chi connectivity index (χ3v) is 22.3. The summed E-state index contributed by atoms with van der Waals surface area (Å²) in [6.45, 7) is 14.3. The summed E-state index contributed by atoms with van der Waals surface area (Å²) in [6.07, 6.45) is 10.8. The second kappa shape index (κ2) is 10.7. The van der Waals surface area contributed by atoms with Crippen molar-refractivity contribution in [2.45, 2.75) is 117 Å². The van der Waals surface area contributed by atoms with Crippen LogP contribution in [0.2, 0.25) is 24.2 Å². The van der Waals surface area contributed by atoms with Gasteiger partial charge < -0.3 is 0 Å². The van der Waals surface area contributed by atoms with Gasteiger partial charge in [-0.2, -0.15) is 0 Å². The highest BCUT2D eigenvalue weighted by Crippen LogP contribution is 2.44. The maximum absolute atomic E-state index is 2.83. The number of hydrogen-bond acceptors (Lipinski definition) is 2. The van der Waals surface area contributed by atoms with Crippen LogP contribution in [0.1, 0.15) is 88.8 Å². The molecular weight excluding hydrogens is 505 g/mol. The molecule has 0 atom stereocenters. The number of thiophene rings is 2. The summed E-state index contributed by atoms with van der Waals surface area (Å²) in [7, 11) is -3.44. The zero-order valence-electron chi connectivity index (χ0n) is 23.6. The molecule has 0 bridgehead atoms. The summed E-state index contributed by atoms with van der Waals surface area (Å²) < 4.78 is 0. The Balaban J connectivity index is 1.77. The molecule has 0 N–H and O–H groups in total. The number of unbranched alkanes of at least 4 members (excludes halogenated alkanes) is 4. The Labute approximate surface area is 230 Å². The third-order valence-electron chi connectivity index (χ3n) is 9.25. The zero-order valence-corrected chi connectivity index (χ0v) is 27.2. The van der Waals surface area contributed by atoms with E-state index in [1.807, 2.05) is 20.7 Å². The number of hydrogen-bond donors (Lipinski definition) is 0. The van der Waals surface area contributed by atoms with Crippen LogP contribution in [0.25, 0.3) is 20.9 Å². The standard InChI is InChI=1S/C32H46S2Si2/c1-7-11-15-35(16-12-8-2)27-21-26-28(22-25(27)31-29(35)19-23(5)33-31)36(17-13-9-3,18-14-10-4)30-20-24(6)34-32(26)30/h19-22H,7-18H2,1-6H3. The Kier molecular flexibility index (Phi) is 7.90. The van der Waals surface area contributed by atoms with E-state index in [0.717, 1.165) is 0 Å². The molecule has 2 aliphatic rings. The minimum Gasteiger partial charge on any atom is -0.141 e. The van der Waals surface area contributed by atoms with E-state index in [0.29, 0.717) is 0 Å². The Bertz CT molecular complexity index is 1120. The van der Waals surface area contributed by atoms with Crippen LogP contribution < -0.4 is 20.7 Å². The fourth-order valence-corrected chi connectivity index (χ4v) is 22.7. The minimum atomic E-state index is -1.72. The summed E-state index contributed by atoms with van der Waals surface area (Å²) in [5.41, 5.74) is 3.38. The van der Waals surface area contributed by atoms with Gasteiger partial charge in [0.25, 0.3) is 0 Å². The molecule has 0 radical (unpaired) electrons.